The largest absolute Gasteiger partial charge is 0.507 e. The highest BCUT2D eigenvalue weighted by molar-refractivity contribution is 14.1. The first-order chi connectivity index (χ1) is 5.66. The predicted molar refractivity (Wildman–Crippen MR) is 51.5 cm³/mol. The molecule has 0 amide bonds. The minimum atomic E-state index is -1.49. The number of hydrogen-bond acceptors (Lipinski definition) is 3. The summed E-state index contributed by atoms with van der Waals surface area (Å²) in [6.07, 6.45) is 0. The second kappa shape index (κ2) is 3.75. The molecule has 4 heteroatoms. The van der Waals surface area contributed by atoms with E-state index in [0.717, 1.165) is 0 Å². The van der Waals surface area contributed by atoms with Gasteiger partial charge in [-0.1, -0.05) is 6.07 Å². The molecule has 0 bridgehead atoms. The molecular formula is C8H7IO3. The number of carbonyl (C=O) groups is 1. The highest BCUT2D eigenvalue weighted by atomic mass is 127. The zero-order chi connectivity index (χ0) is 9.14. The third-order valence-corrected chi connectivity index (χ3v) is 3.01. The number of Topliss-reactive ketones (excluding diaryl/α,β-unsaturated/α-hetero) is 1. The number of phenolic OH excluding ortho intramolecular Hbond substituents is 1. The van der Waals surface area contributed by atoms with E-state index in [2.05, 4.69) is 0 Å². The molecule has 3 nitrogen and oxygen atoms in total. The molecule has 0 radical (unpaired) electrons. The molecule has 64 valence electrons. The Kier molecular flexibility index (Phi) is 2.91. The molecule has 0 atom stereocenters. The number of halogens is 1. The fourth-order valence-electron chi connectivity index (χ4n) is 0.873. The van der Waals surface area contributed by atoms with Crippen molar-refractivity contribution in [3.8, 4) is 5.75 Å². The molecule has 0 unspecified atom stereocenters. The standard InChI is InChI=1S/C8H7IO3/c1-5(10)6-3-2-4-7(11)8(6)9-12/h2-4,11H,1H3. The number of hydrogen-bond donors (Lipinski definition) is 1. The van der Waals surface area contributed by atoms with Crippen LogP contribution in [-0.4, -0.2) is 10.9 Å². The van der Waals surface area contributed by atoms with Crippen molar-refractivity contribution in [3.05, 3.63) is 27.3 Å². The maximum atomic E-state index is 10.9. The average molecular weight is 278 g/mol. The maximum absolute atomic E-state index is 10.9. The van der Waals surface area contributed by atoms with Crippen LogP contribution in [0.2, 0.25) is 0 Å². The molecule has 0 aliphatic heterocycles. The monoisotopic (exact) mass is 278 g/mol. The fourth-order valence-corrected chi connectivity index (χ4v) is 2.07. The van der Waals surface area contributed by atoms with Crippen LogP contribution in [0.3, 0.4) is 0 Å². The lowest BCUT2D eigenvalue weighted by Gasteiger charge is -2.00. The van der Waals surface area contributed by atoms with E-state index in [1.54, 1.807) is 12.1 Å². The Morgan fingerprint density at radius 2 is 2.17 bits per heavy atom. The van der Waals surface area contributed by atoms with Crippen molar-refractivity contribution in [2.24, 2.45) is 0 Å². The summed E-state index contributed by atoms with van der Waals surface area (Å²) in [5.41, 5.74) is 0.359. The van der Waals surface area contributed by atoms with Crippen LogP contribution in [0.4, 0.5) is 0 Å². The van der Waals surface area contributed by atoms with Gasteiger partial charge in [-0.05, 0) is 19.1 Å². The number of carbonyl (C=O) groups excluding carboxylic acids is 1. The highest BCUT2D eigenvalue weighted by Gasteiger charge is 2.10. The second-order valence-corrected chi connectivity index (χ2v) is 3.79. The van der Waals surface area contributed by atoms with Gasteiger partial charge in [-0.15, -0.1) is 0 Å². The van der Waals surface area contributed by atoms with Gasteiger partial charge in [-0.2, -0.15) is 0 Å². The first kappa shape index (κ1) is 9.31. The number of rotatable bonds is 2. The third kappa shape index (κ3) is 1.69. The van der Waals surface area contributed by atoms with E-state index in [4.69, 9.17) is 0 Å². The summed E-state index contributed by atoms with van der Waals surface area (Å²) in [4.78, 5) is 10.9. The summed E-state index contributed by atoms with van der Waals surface area (Å²) in [6.45, 7) is 1.39. The van der Waals surface area contributed by atoms with Crippen LogP contribution in [0, 0.1) is 3.57 Å². The van der Waals surface area contributed by atoms with E-state index in [1.165, 1.54) is 13.0 Å². The van der Waals surface area contributed by atoms with Crippen LogP contribution < -0.4 is 0 Å². The van der Waals surface area contributed by atoms with Gasteiger partial charge in [0.05, 0.1) is 3.57 Å². The van der Waals surface area contributed by atoms with Crippen LogP contribution in [0.1, 0.15) is 17.3 Å². The van der Waals surface area contributed by atoms with Gasteiger partial charge in [0.1, 0.15) is 5.75 Å². The van der Waals surface area contributed by atoms with E-state index in [-0.39, 0.29) is 11.5 Å². The molecule has 1 aromatic rings. The normalized spacial score (nSPS) is 9.75. The summed E-state index contributed by atoms with van der Waals surface area (Å²) in [6, 6.07) is 4.56. The summed E-state index contributed by atoms with van der Waals surface area (Å²) >= 11 is -1.49. The van der Waals surface area contributed by atoms with Gasteiger partial charge < -0.3 is 5.11 Å². The Labute approximate surface area is 80.1 Å². The molecule has 1 rings (SSSR count). The first-order valence-electron chi connectivity index (χ1n) is 3.27. The Hall–Kier alpha value is -0.780. The van der Waals surface area contributed by atoms with Crippen LogP contribution in [0.5, 0.6) is 5.75 Å². The Morgan fingerprint density at radius 1 is 1.50 bits per heavy atom. The molecule has 12 heavy (non-hydrogen) atoms. The number of benzene rings is 1. The molecule has 0 heterocycles. The van der Waals surface area contributed by atoms with Crippen LogP contribution >= 0.6 is 21.2 Å². The quantitative estimate of drug-likeness (QED) is 0.665. The summed E-state index contributed by atoms with van der Waals surface area (Å²) in [7, 11) is 0. The van der Waals surface area contributed by atoms with E-state index < -0.39 is 21.2 Å². The van der Waals surface area contributed by atoms with Gasteiger partial charge in [-0.3, -0.25) is 7.86 Å². The first-order valence-corrected chi connectivity index (χ1v) is 5.22. The highest BCUT2D eigenvalue weighted by Crippen LogP contribution is 2.26. The molecule has 0 spiro atoms. The van der Waals surface area contributed by atoms with Crippen LogP contribution in [-0.2, 0) is 3.07 Å². The summed E-state index contributed by atoms with van der Waals surface area (Å²) in [5, 5.41) is 9.22. The topological polar surface area (TPSA) is 54.4 Å². The maximum Gasteiger partial charge on any atom is 0.186 e. The van der Waals surface area contributed by atoms with Crippen molar-refractivity contribution in [1.82, 2.24) is 0 Å². The average Bonchev–Trinajstić information content (AvgIpc) is 2.03. The molecule has 0 saturated carbocycles. The van der Waals surface area contributed by atoms with Gasteiger partial charge in [0.25, 0.3) is 0 Å². The number of aromatic hydroxyl groups is 1. The van der Waals surface area contributed by atoms with Crippen molar-refractivity contribution in [2.45, 2.75) is 6.92 Å². The van der Waals surface area contributed by atoms with Crippen molar-refractivity contribution < 1.29 is 13.0 Å². The molecular weight excluding hydrogens is 271 g/mol. The number of phenols is 1. The molecule has 1 N–H and O–H groups in total. The van der Waals surface area contributed by atoms with Crippen LogP contribution in [0.15, 0.2) is 18.2 Å². The zero-order valence-electron chi connectivity index (χ0n) is 6.37. The SMILES string of the molecule is CC(=O)c1cccc(O)c1I=O. The van der Waals surface area contributed by atoms with Crippen molar-refractivity contribution >= 4 is 27.0 Å². The van der Waals surface area contributed by atoms with E-state index in [9.17, 15) is 13.0 Å². The summed E-state index contributed by atoms with van der Waals surface area (Å²) < 4.78 is 11.0. The minimum Gasteiger partial charge on any atom is -0.507 e. The molecule has 0 aliphatic carbocycles. The second-order valence-electron chi connectivity index (χ2n) is 2.27. The van der Waals surface area contributed by atoms with E-state index >= 15 is 0 Å². The van der Waals surface area contributed by atoms with Gasteiger partial charge in [-0.25, -0.2) is 0 Å². The minimum absolute atomic E-state index is 0.0505. The van der Waals surface area contributed by atoms with Crippen molar-refractivity contribution in [3.63, 3.8) is 0 Å². The molecule has 0 aromatic heterocycles. The van der Waals surface area contributed by atoms with Crippen LogP contribution in [0.25, 0.3) is 0 Å². The van der Waals surface area contributed by atoms with E-state index in [1.807, 2.05) is 0 Å². The lowest BCUT2D eigenvalue weighted by Crippen LogP contribution is -1.95. The molecule has 0 aliphatic rings. The lowest BCUT2D eigenvalue weighted by molar-refractivity contribution is 0.101. The Balaban J connectivity index is 3.37. The van der Waals surface area contributed by atoms with Gasteiger partial charge in [0, 0.05) is 5.56 Å². The van der Waals surface area contributed by atoms with Crippen molar-refractivity contribution in [1.29, 1.82) is 0 Å². The Morgan fingerprint density at radius 3 is 2.58 bits per heavy atom. The smallest absolute Gasteiger partial charge is 0.186 e. The third-order valence-electron chi connectivity index (χ3n) is 1.43. The summed E-state index contributed by atoms with van der Waals surface area (Å²) in [5.74, 6) is -0.220. The van der Waals surface area contributed by atoms with Crippen molar-refractivity contribution in [2.75, 3.05) is 0 Å². The van der Waals surface area contributed by atoms with Gasteiger partial charge >= 0.3 is 0 Å². The number of ketones is 1. The zero-order valence-corrected chi connectivity index (χ0v) is 8.53. The van der Waals surface area contributed by atoms with E-state index in [0.29, 0.717) is 9.13 Å². The molecule has 1 aromatic carbocycles. The fraction of sp³-hybridized carbons (Fsp3) is 0.125. The van der Waals surface area contributed by atoms with Gasteiger partial charge in [0.2, 0.25) is 0 Å². The molecule has 0 saturated heterocycles. The Bertz CT molecular complexity index is 333. The lowest BCUT2D eigenvalue weighted by atomic mass is 10.1. The predicted octanol–water partition coefficient (Wildman–Crippen LogP) is 2.08. The molecule has 0 fully saturated rings. The van der Waals surface area contributed by atoms with Gasteiger partial charge in [0.15, 0.2) is 27.0 Å².